The van der Waals surface area contributed by atoms with Crippen LogP contribution in [0, 0.1) is 0 Å². The van der Waals surface area contributed by atoms with Crippen molar-refractivity contribution in [2.24, 2.45) is 9.98 Å². The fourth-order valence-corrected chi connectivity index (χ4v) is 11.2. The zero-order chi connectivity index (χ0) is 45.7. The Bertz CT molecular complexity index is 3970. The average molecular weight is 898 g/mol. The highest BCUT2D eigenvalue weighted by Crippen LogP contribution is 2.43. The molecule has 12 aromatic rings. The van der Waals surface area contributed by atoms with Crippen LogP contribution < -0.4 is 5.32 Å². The average Bonchev–Trinajstić information content (AvgIpc) is 3.80. The van der Waals surface area contributed by atoms with E-state index in [-0.39, 0.29) is 0 Å². The van der Waals surface area contributed by atoms with Crippen LogP contribution in [0.15, 0.2) is 259 Å². The van der Waals surface area contributed by atoms with E-state index in [1.807, 2.05) is 17.4 Å². The van der Waals surface area contributed by atoms with E-state index in [1.165, 1.54) is 86.2 Å². The molecule has 69 heavy (non-hydrogen) atoms. The zero-order valence-corrected chi connectivity index (χ0v) is 38.4. The van der Waals surface area contributed by atoms with Crippen LogP contribution in [0.3, 0.4) is 0 Å². The van der Waals surface area contributed by atoms with Gasteiger partial charge in [0.25, 0.3) is 0 Å². The highest BCUT2D eigenvalue weighted by Gasteiger charge is 2.23. The molecule has 13 rings (SSSR count). The lowest BCUT2D eigenvalue weighted by molar-refractivity contribution is 0.756. The molecule has 1 unspecified atom stereocenters. The molecular weight excluding hydrogens is 855 g/mol. The minimum absolute atomic E-state index is 0.469. The number of hydrogen-bond acceptors (Lipinski definition) is 4. The molecule has 0 bridgehead atoms. The SMILES string of the molecule is c1ccc(C2=NC(c3cccc(-c4cc(-c5ccccc5)cc(-c5ccc6c(ccc7ccccc76)c5)c4)c3)N=C(c3ccc4c(c3)sc3cc(-c5ccccc5)c(-c5ccccc5)cc34)N2)cc1. The van der Waals surface area contributed by atoms with Gasteiger partial charge in [-0.15, -0.1) is 11.3 Å². The second kappa shape index (κ2) is 17.2. The first kappa shape index (κ1) is 40.6. The van der Waals surface area contributed by atoms with Crippen molar-refractivity contribution in [3.63, 3.8) is 0 Å². The molecule has 0 saturated carbocycles. The third kappa shape index (κ3) is 7.67. The Morgan fingerprint density at radius 2 is 0.797 bits per heavy atom. The number of amidine groups is 2. The van der Waals surface area contributed by atoms with E-state index < -0.39 is 6.17 Å². The van der Waals surface area contributed by atoms with Gasteiger partial charge in [-0.25, -0.2) is 9.98 Å². The molecule has 0 radical (unpaired) electrons. The lowest BCUT2D eigenvalue weighted by Crippen LogP contribution is -2.36. The van der Waals surface area contributed by atoms with Gasteiger partial charge in [-0.2, -0.15) is 0 Å². The van der Waals surface area contributed by atoms with E-state index in [2.05, 4.69) is 248 Å². The summed E-state index contributed by atoms with van der Waals surface area (Å²) in [5, 5.41) is 11.2. The molecule has 0 spiro atoms. The van der Waals surface area contributed by atoms with Crippen LogP contribution in [0.1, 0.15) is 22.9 Å². The van der Waals surface area contributed by atoms with Gasteiger partial charge in [0.2, 0.25) is 0 Å². The summed E-state index contributed by atoms with van der Waals surface area (Å²) in [4.78, 5) is 10.7. The third-order valence-electron chi connectivity index (χ3n) is 13.5. The summed E-state index contributed by atoms with van der Waals surface area (Å²) in [6.45, 7) is 0. The predicted molar refractivity (Wildman–Crippen MR) is 293 cm³/mol. The molecule has 0 amide bonds. The molecule has 1 aliphatic rings. The van der Waals surface area contributed by atoms with Gasteiger partial charge >= 0.3 is 0 Å². The van der Waals surface area contributed by atoms with Crippen LogP contribution in [-0.4, -0.2) is 11.7 Å². The first-order valence-corrected chi connectivity index (χ1v) is 24.3. The maximum atomic E-state index is 5.40. The second-order valence-electron chi connectivity index (χ2n) is 17.8. The number of nitrogens with zero attached hydrogens (tertiary/aromatic N) is 2. The third-order valence-corrected chi connectivity index (χ3v) is 14.6. The van der Waals surface area contributed by atoms with E-state index in [4.69, 9.17) is 9.98 Å². The summed E-state index contributed by atoms with van der Waals surface area (Å²) in [6, 6.07) is 89.8. The van der Waals surface area contributed by atoms with Crippen LogP contribution in [0.25, 0.3) is 97.4 Å². The number of nitrogens with one attached hydrogen (secondary N) is 1. The van der Waals surface area contributed by atoms with E-state index in [9.17, 15) is 0 Å². The van der Waals surface area contributed by atoms with Crippen molar-refractivity contribution in [3.8, 4) is 55.6 Å². The number of hydrogen-bond donors (Lipinski definition) is 1. The Balaban J connectivity index is 0.906. The topological polar surface area (TPSA) is 36.8 Å². The van der Waals surface area contributed by atoms with E-state index in [1.54, 1.807) is 0 Å². The molecule has 1 aliphatic heterocycles. The quantitative estimate of drug-likeness (QED) is 0.152. The van der Waals surface area contributed by atoms with Crippen molar-refractivity contribution < 1.29 is 0 Å². The largest absolute Gasteiger partial charge is 0.324 e. The fourth-order valence-electron chi connectivity index (χ4n) is 10.0. The first-order chi connectivity index (χ1) is 34.1. The highest BCUT2D eigenvalue weighted by atomic mass is 32.1. The molecule has 0 fully saturated rings. The molecule has 1 atom stereocenters. The predicted octanol–water partition coefficient (Wildman–Crippen LogP) is 17.2. The minimum Gasteiger partial charge on any atom is -0.324 e. The molecule has 3 nitrogen and oxygen atoms in total. The van der Waals surface area contributed by atoms with E-state index >= 15 is 0 Å². The van der Waals surface area contributed by atoms with Gasteiger partial charge in [-0.3, -0.25) is 0 Å². The molecule has 2 heterocycles. The summed E-state index contributed by atoms with van der Waals surface area (Å²) >= 11 is 1.83. The summed E-state index contributed by atoms with van der Waals surface area (Å²) in [6.07, 6.45) is -0.469. The summed E-state index contributed by atoms with van der Waals surface area (Å²) in [7, 11) is 0. The Hall–Kier alpha value is -8.70. The first-order valence-electron chi connectivity index (χ1n) is 23.5. The van der Waals surface area contributed by atoms with Crippen LogP contribution in [-0.2, 0) is 0 Å². The monoisotopic (exact) mass is 897 g/mol. The minimum atomic E-state index is -0.469. The van der Waals surface area contributed by atoms with Gasteiger partial charge in [0.1, 0.15) is 11.7 Å². The molecule has 324 valence electrons. The summed E-state index contributed by atoms with van der Waals surface area (Å²) in [5.74, 6) is 1.59. The Labute approximate surface area is 405 Å². The van der Waals surface area contributed by atoms with Crippen LogP contribution in [0.4, 0.5) is 0 Å². The van der Waals surface area contributed by atoms with Gasteiger partial charge in [-0.1, -0.05) is 200 Å². The highest BCUT2D eigenvalue weighted by molar-refractivity contribution is 7.25. The molecule has 0 aliphatic carbocycles. The molecule has 1 N–H and O–H groups in total. The Kier molecular flexibility index (Phi) is 10.1. The van der Waals surface area contributed by atoms with Crippen molar-refractivity contribution in [3.05, 3.63) is 265 Å². The van der Waals surface area contributed by atoms with Crippen molar-refractivity contribution in [2.45, 2.75) is 6.17 Å². The fraction of sp³-hybridized carbons (Fsp3) is 0.0154. The van der Waals surface area contributed by atoms with Crippen molar-refractivity contribution in [1.29, 1.82) is 0 Å². The molecule has 11 aromatic carbocycles. The summed E-state index contributed by atoms with van der Waals surface area (Å²) in [5.41, 5.74) is 14.9. The number of fused-ring (bicyclic) bond motifs is 6. The second-order valence-corrected chi connectivity index (χ2v) is 18.9. The maximum absolute atomic E-state index is 5.40. The van der Waals surface area contributed by atoms with Crippen LogP contribution in [0.5, 0.6) is 0 Å². The van der Waals surface area contributed by atoms with Gasteiger partial charge in [-0.05, 0) is 131 Å². The normalized spacial score (nSPS) is 13.7. The number of thiophene rings is 1. The molecule has 1 aromatic heterocycles. The van der Waals surface area contributed by atoms with E-state index in [0.29, 0.717) is 0 Å². The molecule has 0 saturated heterocycles. The number of benzene rings is 11. The lowest BCUT2D eigenvalue weighted by atomic mass is 9.91. The zero-order valence-electron chi connectivity index (χ0n) is 37.6. The van der Waals surface area contributed by atoms with Gasteiger partial charge in [0.15, 0.2) is 6.17 Å². The molecular formula is C65H43N3S. The number of rotatable bonds is 8. The van der Waals surface area contributed by atoms with Gasteiger partial charge in [0.05, 0.1) is 0 Å². The van der Waals surface area contributed by atoms with Crippen molar-refractivity contribution in [2.75, 3.05) is 0 Å². The lowest BCUT2D eigenvalue weighted by Gasteiger charge is -2.23. The summed E-state index contributed by atoms with van der Waals surface area (Å²) < 4.78 is 2.47. The smallest absolute Gasteiger partial charge is 0.169 e. The van der Waals surface area contributed by atoms with Crippen molar-refractivity contribution in [1.82, 2.24) is 5.32 Å². The Morgan fingerprint density at radius 3 is 1.51 bits per heavy atom. The van der Waals surface area contributed by atoms with E-state index in [0.717, 1.165) is 39.5 Å². The standard InChI is InChI=1S/C65H43N3S/c1-5-16-42(17-6-1)52-36-53(38-54(37-52)48-30-32-56-49(34-48)29-28-45-22-13-14-27-55(45)56)47-25-15-26-50(35-47)64-66-63(46-23-11-4-12-24-46)67-65(68-64)51-31-33-57-60-40-58(43-18-7-2-8-19-43)59(44-20-9-3-10-21-44)41-62(60)69-61(57)39-51/h1-41,64H,(H,66,67,68). The van der Waals surface area contributed by atoms with Crippen molar-refractivity contribution >= 4 is 64.7 Å². The number of aliphatic imine (C=N–C) groups is 2. The Morgan fingerprint density at radius 1 is 0.290 bits per heavy atom. The van der Waals surface area contributed by atoms with Gasteiger partial charge < -0.3 is 5.32 Å². The maximum Gasteiger partial charge on any atom is 0.169 e. The van der Waals surface area contributed by atoms with Crippen LogP contribution >= 0.6 is 11.3 Å². The molecule has 4 heteroatoms. The van der Waals surface area contributed by atoms with Gasteiger partial charge in [0, 0.05) is 31.3 Å². The van der Waals surface area contributed by atoms with Crippen LogP contribution in [0.2, 0.25) is 0 Å².